The summed E-state index contributed by atoms with van der Waals surface area (Å²) in [5.41, 5.74) is -0.235. The van der Waals surface area contributed by atoms with Gasteiger partial charge in [0.2, 0.25) is 0 Å². The van der Waals surface area contributed by atoms with E-state index in [0.717, 1.165) is 6.42 Å². The van der Waals surface area contributed by atoms with Crippen LogP contribution in [0.4, 0.5) is 0 Å². The second kappa shape index (κ2) is 3.86. The molecule has 0 amide bonds. The minimum atomic E-state index is -1.52. The van der Waals surface area contributed by atoms with Crippen molar-refractivity contribution in [3.05, 3.63) is 18.7 Å². The van der Waals surface area contributed by atoms with E-state index >= 15 is 0 Å². The van der Waals surface area contributed by atoms with Crippen molar-refractivity contribution in [2.45, 2.75) is 45.6 Å². The van der Waals surface area contributed by atoms with E-state index in [9.17, 15) is 0 Å². The van der Waals surface area contributed by atoms with Crippen LogP contribution in [0.3, 0.4) is 0 Å². The minimum absolute atomic E-state index is 0.235. The lowest BCUT2D eigenvalue weighted by Crippen LogP contribution is -2.41. The van der Waals surface area contributed by atoms with Gasteiger partial charge in [-0.15, -0.1) is 0 Å². The van der Waals surface area contributed by atoms with E-state index in [1.807, 2.05) is 17.1 Å². The van der Waals surface area contributed by atoms with Crippen LogP contribution < -0.4 is 0 Å². The van der Waals surface area contributed by atoms with Crippen LogP contribution in [0, 0.1) is 0 Å². The molecule has 0 fully saturated rings. The maximum Gasteiger partial charge on any atom is 0.186 e. The normalized spacial score (nSPS) is 16.6. The van der Waals surface area contributed by atoms with Crippen molar-refractivity contribution in [3.63, 3.8) is 0 Å². The molecule has 3 nitrogen and oxygen atoms in total. The lowest BCUT2D eigenvalue weighted by Gasteiger charge is -2.36. The van der Waals surface area contributed by atoms with Crippen LogP contribution >= 0.6 is 0 Å². The fraction of sp³-hybridized carbons (Fsp3) is 0.700. The summed E-state index contributed by atoms with van der Waals surface area (Å²) in [7, 11) is -1.52. The van der Waals surface area contributed by atoms with Gasteiger partial charge >= 0.3 is 0 Å². The van der Waals surface area contributed by atoms with Crippen molar-refractivity contribution in [2.75, 3.05) is 0 Å². The summed E-state index contributed by atoms with van der Waals surface area (Å²) in [5, 5.41) is 0. The first-order valence-corrected chi connectivity index (χ1v) is 8.47. The van der Waals surface area contributed by atoms with Crippen LogP contribution in [0.25, 0.3) is 0 Å². The van der Waals surface area contributed by atoms with Crippen molar-refractivity contribution in [2.24, 2.45) is 0 Å². The third kappa shape index (κ3) is 2.69. The van der Waals surface area contributed by atoms with Crippen molar-refractivity contribution in [1.29, 1.82) is 0 Å². The van der Waals surface area contributed by atoms with Gasteiger partial charge in [-0.3, -0.25) is 0 Å². The van der Waals surface area contributed by atoms with Crippen molar-refractivity contribution < 1.29 is 4.43 Å². The topological polar surface area (TPSA) is 27.1 Å². The van der Waals surface area contributed by atoms with Gasteiger partial charge in [0.1, 0.15) is 5.72 Å². The monoisotopic (exact) mass is 212 g/mol. The molecular formula is C10H20N2OSi. The molecule has 1 unspecified atom stereocenters. The van der Waals surface area contributed by atoms with Crippen molar-refractivity contribution in [3.8, 4) is 0 Å². The van der Waals surface area contributed by atoms with E-state index in [1.165, 1.54) is 0 Å². The lowest BCUT2D eigenvalue weighted by atomic mass is 10.2. The molecule has 1 atom stereocenters. The average Bonchev–Trinajstić information content (AvgIpc) is 2.53. The first-order chi connectivity index (χ1) is 6.37. The first kappa shape index (κ1) is 11.5. The Morgan fingerprint density at radius 2 is 2.07 bits per heavy atom. The van der Waals surface area contributed by atoms with Gasteiger partial charge in [-0.2, -0.15) is 0 Å². The summed E-state index contributed by atoms with van der Waals surface area (Å²) in [6, 6.07) is 0. The predicted molar refractivity (Wildman–Crippen MR) is 60.6 cm³/mol. The van der Waals surface area contributed by atoms with Gasteiger partial charge in [-0.1, -0.05) is 6.92 Å². The Morgan fingerprint density at radius 1 is 1.43 bits per heavy atom. The van der Waals surface area contributed by atoms with Gasteiger partial charge in [0.15, 0.2) is 8.32 Å². The average molecular weight is 212 g/mol. The van der Waals surface area contributed by atoms with Crippen LogP contribution in [0.15, 0.2) is 18.7 Å². The summed E-state index contributed by atoms with van der Waals surface area (Å²) in [5.74, 6) is 0. The Labute approximate surface area is 87.2 Å². The number of hydrogen-bond donors (Lipinski definition) is 0. The molecule has 0 aliphatic heterocycles. The Bertz CT molecular complexity index is 279. The van der Waals surface area contributed by atoms with Gasteiger partial charge in [-0.05, 0) is 33.0 Å². The summed E-state index contributed by atoms with van der Waals surface area (Å²) >= 11 is 0. The van der Waals surface area contributed by atoms with Crippen LogP contribution in [0.5, 0.6) is 0 Å². The van der Waals surface area contributed by atoms with E-state index in [-0.39, 0.29) is 5.72 Å². The molecule has 1 heterocycles. The Hall–Kier alpha value is -0.613. The Kier molecular flexibility index (Phi) is 3.16. The molecule has 0 saturated carbocycles. The second-order valence-corrected chi connectivity index (χ2v) is 9.14. The SMILES string of the molecule is CCC(C)(O[Si](C)(C)C)n1ccnc1. The van der Waals surface area contributed by atoms with E-state index < -0.39 is 8.32 Å². The molecule has 80 valence electrons. The smallest absolute Gasteiger partial charge is 0.186 e. The fourth-order valence-corrected chi connectivity index (χ4v) is 3.07. The number of rotatable bonds is 4. The highest BCUT2D eigenvalue weighted by atomic mass is 28.4. The van der Waals surface area contributed by atoms with Crippen LogP contribution in [0.2, 0.25) is 19.6 Å². The number of nitrogens with zero attached hydrogens (tertiary/aromatic N) is 2. The van der Waals surface area contributed by atoms with Gasteiger partial charge < -0.3 is 8.99 Å². The zero-order valence-electron chi connectivity index (χ0n) is 9.74. The van der Waals surface area contributed by atoms with E-state index in [0.29, 0.717) is 0 Å². The zero-order chi connectivity index (χ0) is 10.8. The number of hydrogen-bond acceptors (Lipinski definition) is 2. The Morgan fingerprint density at radius 3 is 2.43 bits per heavy atom. The maximum absolute atomic E-state index is 6.18. The molecule has 0 spiro atoms. The molecule has 0 radical (unpaired) electrons. The fourth-order valence-electron chi connectivity index (χ4n) is 1.51. The molecule has 0 aromatic carbocycles. The molecule has 0 aliphatic rings. The number of imidazole rings is 1. The van der Waals surface area contributed by atoms with Crippen LogP contribution in [-0.4, -0.2) is 17.9 Å². The molecule has 1 aromatic rings. The molecule has 14 heavy (non-hydrogen) atoms. The standard InChI is InChI=1S/C10H20N2OSi/c1-6-10(2,13-14(3,4)5)12-8-7-11-9-12/h7-9H,6H2,1-5H3. The highest BCUT2D eigenvalue weighted by molar-refractivity contribution is 6.69. The minimum Gasteiger partial charge on any atom is -0.395 e. The maximum atomic E-state index is 6.18. The predicted octanol–water partition coefficient (Wildman–Crippen LogP) is 2.82. The summed E-state index contributed by atoms with van der Waals surface area (Å²) in [4.78, 5) is 4.06. The quantitative estimate of drug-likeness (QED) is 0.718. The Balaban J connectivity index is 2.88. The van der Waals surface area contributed by atoms with Crippen molar-refractivity contribution >= 4 is 8.32 Å². The third-order valence-corrected chi connectivity index (χ3v) is 3.28. The molecule has 0 aliphatic carbocycles. The first-order valence-electron chi connectivity index (χ1n) is 5.06. The van der Waals surface area contributed by atoms with Crippen LogP contribution in [0.1, 0.15) is 20.3 Å². The van der Waals surface area contributed by atoms with Gasteiger partial charge in [0.05, 0.1) is 6.33 Å². The summed E-state index contributed by atoms with van der Waals surface area (Å²) < 4.78 is 8.23. The second-order valence-electron chi connectivity index (χ2n) is 4.71. The zero-order valence-corrected chi connectivity index (χ0v) is 10.7. The van der Waals surface area contributed by atoms with Crippen LogP contribution in [-0.2, 0) is 10.2 Å². The lowest BCUT2D eigenvalue weighted by molar-refractivity contribution is -0.00201. The van der Waals surface area contributed by atoms with E-state index in [4.69, 9.17) is 4.43 Å². The van der Waals surface area contributed by atoms with Gasteiger partial charge in [-0.25, -0.2) is 4.98 Å². The molecule has 1 rings (SSSR count). The molecule has 0 saturated heterocycles. The molecule has 0 bridgehead atoms. The summed E-state index contributed by atoms with van der Waals surface area (Å²) in [6.07, 6.45) is 6.53. The third-order valence-electron chi connectivity index (χ3n) is 2.23. The van der Waals surface area contributed by atoms with Crippen molar-refractivity contribution in [1.82, 2.24) is 9.55 Å². The molecule has 1 aromatic heterocycles. The molecular weight excluding hydrogens is 192 g/mol. The largest absolute Gasteiger partial charge is 0.395 e. The molecule has 0 N–H and O–H groups in total. The van der Waals surface area contributed by atoms with Gasteiger partial charge in [0.25, 0.3) is 0 Å². The highest BCUT2D eigenvalue weighted by Gasteiger charge is 2.31. The van der Waals surface area contributed by atoms with E-state index in [2.05, 4.69) is 38.5 Å². The molecule has 4 heteroatoms. The van der Waals surface area contributed by atoms with Gasteiger partial charge in [0, 0.05) is 12.4 Å². The van der Waals surface area contributed by atoms with E-state index in [1.54, 1.807) is 6.20 Å². The summed E-state index contributed by atoms with van der Waals surface area (Å²) in [6.45, 7) is 10.9. The number of aromatic nitrogens is 2. The highest BCUT2D eigenvalue weighted by Crippen LogP contribution is 2.26.